The van der Waals surface area contributed by atoms with Gasteiger partial charge < -0.3 is 19.8 Å². The van der Waals surface area contributed by atoms with E-state index in [1.54, 1.807) is 6.39 Å². The molecule has 0 bridgehead atoms. The number of nitrogens with one attached hydrogen (secondary N) is 2. The molecule has 2 N–H and O–H groups in total. The minimum absolute atomic E-state index is 0.477. The molecule has 0 spiro atoms. The predicted molar refractivity (Wildman–Crippen MR) is 92.5 cm³/mol. The molecule has 24 heavy (non-hydrogen) atoms. The van der Waals surface area contributed by atoms with Crippen molar-refractivity contribution >= 4 is 0 Å². The number of nitrogens with zero attached hydrogens (tertiary/aromatic N) is 1. The monoisotopic (exact) mass is 327 g/mol. The highest BCUT2D eigenvalue weighted by molar-refractivity contribution is 5.59. The van der Waals surface area contributed by atoms with Gasteiger partial charge in [0.05, 0.1) is 13.2 Å². The maximum atomic E-state index is 5.65. The Labute approximate surface area is 142 Å². The van der Waals surface area contributed by atoms with Gasteiger partial charge in [0.1, 0.15) is 5.69 Å². The van der Waals surface area contributed by atoms with Crippen LogP contribution < -0.4 is 10.6 Å². The van der Waals surface area contributed by atoms with Gasteiger partial charge in [0.15, 0.2) is 12.2 Å². The minimum Gasteiger partial charge on any atom is -0.443 e. The minimum atomic E-state index is 0.477. The van der Waals surface area contributed by atoms with Crippen LogP contribution in [0.5, 0.6) is 0 Å². The van der Waals surface area contributed by atoms with Gasteiger partial charge in [-0.2, -0.15) is 0 Å². The Morgan fingerprint density at radius 3 is 2.96 bits per heavy atom. The Balaban J connectivity index is 1.41. The summed E-state index contributed by atoms with van der Waals surface area (Å²) in [5.41, 5.74) is 2.07. The summed E-state index contributed by atoms with van der Waals surface area (Å²) >= 11 is 0. The Hall–Kier alpha value is -1.69. The topological polar surface area (TPSA) is 59.3 Å². The molecule has 1 aromatic carbocycles. The molecule has 3 unspecified atom stereocenters. The molecule has 1 aliphatic heterocycles. The molecule has 5 heteroatoms. The van der Waals surface area contributed by atoms with Crippen molar-refractivity contribution in [1.29, 1.82) is 0 Å². The second-order valence-electron chi connectivity index (χ2n) is 6.71. The first-order valence-electron chi connectivity index (χ1n) is 8.94. The molecule has 4 rings (SSSR count). The number of rotatable bonds is 5. The third kappa shape index (κ3) is 3.38. The molecule has 0 amide bonds. The summed E-state index contributed by atoms with van der Waals surface area (Å²) in [7, 11) is 0. The molecule has 128 valence electrons. The van der Waals surface area contributed by atoms with Crippen LogP contribution in [-0.4, -0.2) is 36.8 Å². The molecule has 0 radical (unpaired) electrons. The van der Waals surface area contributed by atoms with Gasteiger partial charge in [-0.3, -0.25) is 0 Å². The van der Waals surface area contributed by atoms with E-state index in [9.17, 15) is 0 Å². The van der Waals surface area contributed by atoms with Crippen molar-refractivity contribution in [1.82, 2.24) is 15.6 Å². The average Bonchev–Trinajstić information content (AvgIpc) is 3.30. The molecule has 1 aromatic heterocycles. The van der Waals surface area contributed by atoms with Gasteiger partial charge >= 0.3 is 0 Å². The maximum absolute atomic E-state index is 5.65. The molecule has 2 fully saturated rings. The lowest BCUT2D eigenvalue weighted by molar-refractivity contribution is 0.0524. The van der Waals surface area contributed by atoms with Crippen LogP contribution in [0.15, 0.2) is 41.1 Å². The SMILES string of the molecule is c1ccc(-c2ocnc2CNC2CCCC2C2COCCN2)cc1. The quantitative estimate of drug-likeness (QED) is 0.884. The smallest absolute Gasteiger partial charge is 0.181 e. The van der Waals surface area contributed by atoms with Crippen LogP contribution in [0.1, 0.15) is 25.0 Å². The van der Waals surface area contributed by atoms with Crippen LogP contribution in [-0.2, 0) is 11.3 Å². The van der Waals surface area contributed by atoms with Gasteiger partial charge in [0.2, 0.25) is 0 Å². The number of benzene rings is 1. The van der Waals surface area contributed by atoms with Crippen LogP contribution in [0.3, 0.4) is 0 Å². The third-order valence-corrected chi connectivity index (χ3v) is 5.25. The molecule has 2 aliphatic rings. The number of ether oxygens (including phenoxy) is 1. The largest absolute Gasteiger partial charge is 0.443 e. The molecular formula is C19H25N3O2. The summed E-state index contributed by atoms with van der Waals surface area (Å²) in [5, 5.41) is 7.35. The standard InChI is InChI=1S/C19H25N3O2/c1-2-5-14(6-3-1)19-17(22-13-24-19)11-21-16-8-4-7-15(16)18-12-23-10-9-20-18/h1-3,5-6,13,15-16,18,20-21H,4,7-12H2. The van der Waals surface area contributed by atoms with Crippen LogP contribution in [0.4, 0.5) is 0 Å². The van der Waals surface area contributed by atoms with E-state index in [4.69, 9.17) is 9.15 Å². The Morgan fingerprint density at radius 1 is 1.21 bits per heavy atom. The number of hydrogen-bond donors (Lipinski definition) is 2. The van der Waals surface area contributed by atoms with Crippen molar-refractivity contribution < 1.29 is 9.15 Å². The second kappa shape index (κ2) is 7.47. The highest BCUT2D eigenvalue weighted by Crippen LogP contribution is 2.30. The van der Waals surface area contributed by atoms with Crippen molar-refractivity contribution in [3.63, 3.8) is 0 Å². The van der Waals surface area contributed by atoms with E-state index in [-0.39, 0.29) is 0 Å². The lowest BCUT2D eigenvalue weighted by Gasteiger charge is -2.33. The third-order valence-electron chi connectivity index (χ3n) is 5.25. The normalized spacial score (nSPS) is 27.4. The fourth-order valence-corrected chi connectivity index (χ4v) is 4.03. The first kappa shape index (κ1) is 15.8. The Bertz CT molecular complexity index is 637. The molecule has 1 saturated carbocycles. The van der Waals surface area contributed by atoms with E-state index in [0.29, 0.717) is 18.0 Å². The molecule has 2 aromatic rings. The van der Waals surface area contributed by atoms with E-state index < -0.39 is 0 Å². The van der Waals surface area contributed by atoms with Crippen molar-refractivity contribution in [3.05, 3.63) is 42.4 Å². The zero-order chi connectivity index (χ0) is 16.2. The van der Waals surface area contributed by atoms with Gasteiger partial charge in [0.25, 0.3) is 0 Å². The maximum Gasteiger partial charge on any atom is 0.181 e. The van der Waals surface area contributed by atoms with E-state index in [1.165, 1.54) is 19.3 Å². The summed E-state index contributed by atoms with van der Waals surface area (Å²) in [6.07, 6.45) is 5.32. The number of hydrogen-bond acceptors (Lipinski definition) is 5. The Morgan fingerprint density at radius 2 is 2.12 bits per heavy atom. The zero-order valence-electron chi connectivity index (χ0n) is 13.9. The number of oxazole rings is 1. The van der Waals surface area contributed by atoms with Crippen molar-refractivity contribution in [2.75, 3.05) is 19.8 Å². The lowest BCUT2D eigenvalue weighted by Crippen LogP contribution is -2.50. The average molecular weight is 327 g/mol. The van der Waals surface area contributed by atoms with E-state index in [2.05, 4.69) is 27.8 Å². The van der Waals surface area contributed by atoms with Crippen LogP contribution in [0.2, 0.25) is 0 Å². The van der Waals surface area contributed by atoms with E-state index >= 15 is 0 Å². The van der Waals surface area contributed by atoms with Crippen molar-refractivity contribution in [2.45, 2.75) is 37.9 Å². The van der Waals surface area contributed by atoms with Crippen LogP contribution in [0.25, 0.3) is 11.3 Å². The summed E-state index contributed by atoms with van der Waals surface area (Å²) in [6, 6.07) is 11.2. The molecule has 5 nitrogen and oxygen atoms in total. The van der Waals surface area contributed by atoms with Crippen LogP contribution in [0, 0.1) is 5.92 Å². The highest BCUT2D eigenvalue weighted by atomic mass is 16.5. The predicted octanol–water partition coefficient (Wildman–Crippen LogP) is 2.59. The zero-order valence-corrected chi connectivity index (χ0v) is 13.9. The number of morpholine rings is 1. The summed E-state index contributed by atoms with van der Waals surface area (Å²) in [4.78, 5) is 4.42. The Kier molecular flexibility index (Phi) is 4.92. The summed E-state index contributed by atoms with van der Waals surface area (Å²) in [6.45, 7) is 3.38. The molecule has 1 aliphatic carbocycles. The highest BCUT2D eigenvalue weighted by Gasteiger charge is 2.34. The molecule has 1 saturated heterocycles. The summed E-state index contributed by atoms with van der Waals surface area (Å²) in [5.74, 6) is 1.51. The summed E-state index contributed by atoms with van der Waals surface area (Å²) < 4.78 is 11.3. The fourth-order valence-electron chi connectivity index (χ4n) is 4.03. The van der Waals surface area contributed by atoms with Gasteiger partial charge in [-0.25, -0.2) is 4.98 Å². The molecule has 2 heterocycles. The van der Waals surface area contributed by atoms with Crippen LogP contribution >= 0.6 is 0 Å². The van der Waals surface area contributed by atoms with E-state index in [0.717, 1.165) is 43.3 Å². The first-order valence-corrected chi connectivity index (χ1v) is 8.94. The van der Waals surface area contributed by atoms with Crippen molar-refractivity contribution in [3.8, 4) is 11.3 Å². The fraction of sp³-hybridized carbons (Fsp3) is 0.526. The number of aromatic nitrogens is 1. The lowest BCUT2D eigenvalue weighted by atomic mass is 9.94. The van der Waals surface area contributed by atoms with Crippen molar-refractivity contribution in [2.24, 2.45) is 5.92 Å². The van der Waals surface area contributed by atoms with Gasteiger partial charge in [0, 0.05) is 30.7 Å². The van der Waals surface area contributed by atoms with Gasteiger partial charge in [-0.1, -0.05) is 36.8 Å². The first-order chi connectivity index (χ1) is 11.9. The van der Waals surface area contributed by atoms with Gasteiger partial charge in [-0.05, 0) is 18.8 Å². The van der Waals surface area contributed by atoms with E-state index in [1.807, 2.05) is 18.2 Å². The molecular weight excluding hydrogens is 302 g/mol. The molecule has 3 atom stereocenters. The van der Waals surface area contributed by atoms with Gasteiger partial charge in [-0.15, -0.1) is 0 Å². The second-order valence-corrected chi connectivity index (χ2v) is 6.71.